The second-order valence-corrected chi connectivity index (χ2v) is 8.48. The zero-order chi connectivity index (χ0) is 22.1. The van der Waals surface area contributed by atoms with Crippen molar-refractivity contribution in [3.63, 3.8) is 0 Å². The summed E-state index contributed by atoms with van der Waals surface area (Å²) in [4.78, 5) is 45.9. The maximum atomic E-state index is 12.7. The molecule has 1 amide bonds. The molecule has 0 radical (unpaired) electrons. The number of carbonyl (C=O) groups excluding carboxylic acids is 1. The number of benzene rings is 1. The lowest BCUT2D eigenvalue weighted by Gasteiger charge is -2.32. The van der Waals surface area contributed by atoms with Crippen molar-refractivity contribution in [2.75, 3.05) is 13.1 Å². The van der Waals surface area contributed by atoms with Crippen molar-refractivity contribution in [1.82, 2.24) is 24.0 Å². The van der Waals surface area contributed by atoms with Crippen LogP contribution in [0.5, 0.6) is 0 Å². The quantitative estimate of drug-likeness (QED) is 0.678. The van der Waals surface area contributed by atoms with E-state index in [9.17, 15) is 14.4 Å². The molecule has 0 bridgehead atoms. The van der Waals surface area contributed by atoms with Gasteiger partial charge in [0.2, 0.25) is 5.91 Å². The van der Waals surface area contributed by atoms with Gasteiger partial charge in [0.1, 0.15) is 5.82 Å². The van der Waals surface area contributed by atoms with Crippen LogP contribution >= 0.6 is 0 Å². The predicted molar refractivity (Wildman–Crippen MR) is 119 cm³/mol. The molecule has 31 heavy (non-hydrogen) atoms. The highest BCUT2D eigenvalue weighted by Gasteiger charge is 2.24. The monoisotopic (exact) mass is 423 g/mol. The first-order valence-electron chi connectivity index (χ1n) is 10.8. The number of nitrogens with zero attached hydrogens (tertiary/aromatic N) is 4. The number of hydrogen-bond donors (Lipinski definition) is 1. The van der Waals surface area contributed by atoms with Gasteiger partial charge < -0.3 is 14.5 Å². The van der Waals surface area contributed by atoms with Crippen molar-refractivity contribution in [1.29, 1.82) is 0 Å². The summed E-state index contributed by atoms with van der Waals surface area (Å²) in [6.07, 6.45) is 2.53. The van der Waals surface area contributed by atoms with E-state index in [2.05, 4.69) is 20.6 Å². The summed E-state index contributed by atoms with van der Waals surface area (Å²) in [6.45, 7) is 6.13. The third-order valence-electron chi connectivity index (χ3n) is 6.46. The minimum Gasteiger partial charge on any atom is -0.343 e. The van der Waals surface area contributed by atoms with Crippen molar-refractivity contribution < 1.29 is 4.79 Å². The van der Waals surface area contributed by atoms with Crippen molar-refractivity contribution >= 4 is 16.9 Å². The molecule has 0 saturated carbocycles. The third-order valence-corrected chi connectivity index (χ3v) is 6.46. The molecule has 1 saturated heterocycles. The molecule has 1 aliphatic heterocycles. The average molecular weight is 424 g/mol. The number of aromatic nitrogens is 4. The van der Waals surface area contributed by atoms with E-state index in [1.54, 1.807) is 6.92 Å². The molecule has 4 rings (SSSR count). The second kappa shape index (κ2) is 8.53. The zero-order valence-electron chi connectivity index (χ0n) is 18.4. The highest BCUT2D eigenvalue weighted by Crippen LogP contribution is 2.24. The molecule has 0 aliphatic carbocycles. The topological polar surface area (TPSA) is 93.0 Å². The van der Waals surface area contributed by atoms with Gasteiger partial charge in [-0.25, -0.2) is 9.78 Å². The molecule has 3 aromatic rings. The summed E-state index contributed by atoms with van der Waals surface area (Å²) in [5.74, 6) is 1.60. The Labute approximate surface area is 180 Å². The van der Waals surface area contributed by atoms with Crippen LogP contribution in [0.2, 0.25) is 0 Å². The first-order valence-corrected chi connectivity index (χ1v) is 10.8. The van der Waals surface area contributed by atoms with E-state index in [0.717, 1.165) is 53.9 Å². The number of amides is 1. The van der Waals surface area contributed by atoms with Crippen molar-refractivity contribution in [2.24, 2.45) is 13.0 Å². The van der Waals surface area contributed by atoms with Crippen LogP contribution in [0.1, 0.15) is 36.3 Å². The lowest BCUT2D eigenvalue weighted by Crippen LogP contribution is -2.40. The number of aromatic amines is 1. The number of rotatable bonds is 5. The van der Waals surface area contributed by atoms with E-state index in [0.29, 0.717) is 23.6 Å². The summed E-state index contributed by atoms with van der Waals surface area (Å²) in [5.41, 5.74) is 2.49. The lowest BCUT2D eigenvalue weighted by molar-refractivity contribution is -0.132. The molecule has 2 aromatic heterocycles. The summed E-state index contributed by atoms with van der Waals surface area (Å²) >= 11 is 0. The molecule has 3 heterocycles. The fourth-order valence-electron chi connectivity index (χ4n) is 4.51. The Morgan fingerprint density at radius 3 is 2.61 bits per heavy atom. The number of para-hydroxylation sites is 2. The fraction of sp³-hybridized carbons (Fsp3) is 0.478. The SMILES string of the molecule is Cc1[nH]c(=O)n(C)c(=O)c1CCC(=O)N1CCC(Cn2c(C)nc3ccccc32)CC1. The number of hydrogen-bond acceptors (Lipinski definition) is 4. The van der Waals surface area contributed by atoms with Crippen LogP contribution in [0.3, 0.4) is 0 Å². The zero-order valence-corrected chi connectivity index (χ0v) is 18.4. The van der Waals surface area contributed by atoms with Crippen LogP contribution in [0.15, 0.2) is 33.9 Å². The number of piperidine rings is 1. The number of fused-ring (bicyclic) bond motifs is 1. The molecule has 1 aromatic carbocycles. The van der Waals surface area contributed by atoms with Crippen LogP contribution in [-0.4, -0.2) is 43.0 Å². The highest BCUT2D eigenvalue weighted by atomic mass is 16.2. The Kier molecular flexibility index (Phi) is 5.80. The first kappa shape index (κ1) is 21.1. The molecular formula is C23H29N5O3. The van der Waals surface area contributed by atoms with Gasteiger partial charge in [0, 0.05) is 44.4 Å². The van der Waals surface area contributed by atoms with Crippen molar-refractivity contribution in [2.45, 2.75) is 46.1 Å². The number of likely N-dealkylation sites (tertiary alicyclic amines) is 1. The highest BCUT2D eigenvalue weighted by molar-refractivity contribution is 5.77. The Hall–Kier alpha value is -3.16. The van der Waals surface area contributed by atoms with Crippen LogP contribution < -0.4 is 11.2 Å². The molecule has 8 nitrogen and oxygen atoms in total. The van der Waals surface area contributed by atoms with Gasteiger partial charge in [0.05, 0.1) is 11.0 Å². The number of H-pyrrole nitrogens is 1. The first-order chi connectivity index (χ1) is 14.8. The largest absolute Gasteiger partial charge is 0.343 e. The molecule has 0 atom stereocenters. The van der Waals surface area contributed by atoms with E-state index in [-0.39, 0.29) is 17.9 Å². The maximum absolute atomic E-state index is 12.7. The van der Waals surface area contributed by atoms with E-state index < -0.39 is 5.69 Å². The number of nitrogens with one attached hydrogen (secondary N) is 1. The molecule has 0 spiro atoms. The Morgan fingerprint density at radius 2 is 1.87 bits per heavy atom. The molecular weight excluding hydrogens is 394 g/mol. The minimum absolute atomic E-state index is 0.0652. The maximum Gasteiger partial charge on any atom is 0.328 e. The van der Waals surface area contributed by atoms with E-state index in [4.69, 9.17) is 0 Å². The van der Waals surface area contributed by atoms with Gasteiger partial charge in [0.25, 0.3) is 5.56 Å². The summed E-state index contributed by atoms with van der Waals surface area (Å²) in [5, 5.41) is 0. The summed E-state index contributed by atoms with van der Waals surface area (Å²) < 4.78 is 3.34. The van der Waals surface area contributed by atoms with E-state index in [1.807, 2.05) is 30.0 Å². The van der Waals surface area contributed by atoms with E-state index in [1.165, 1.54) is 7.05 Å². The van der Waals surface area contributed by atoms with Gasteiger partial charge in [-0.3, -0.25) is 14.2 Å². The standard InChI is InChI=1S/C23H29N5O3/c1-15-18(22(30)26(3)23(31)24-15)8-9-21(29)27-12-10-17(11-13-27)14-28-16(2)25-19-6-4-5-7-20(19)28/h4-7,17H,8-14H2,1-3H3,(H,24,31). The number of aryl methyl sites for hydroxylation is 2. The van der Waals surface area contributed by atoms with Gasteiger partial charge in [0.15, 0.2) is 0 Å². The molecule has 164 valence electrons. The number of imidazole rings is 1. The summed E-state index contributed by atoms with van der Waals surface area (Å²) in [6, 6.07) is 8.20. The molecule has 0 unspecified atom stereocenters. The average Bonchev–Trinajstić information content (AvgIpc) is 3.07. The Bertz CT molecular complexity index is 1230. The van der Waals surface area contributed by atoms with Gasteiger partial charge in [-0.1, -0.05) is 12.1 Å². The van der Waals surface area contributed by atoms with E-state index >= 15 is 0 Å². The fourth-order valence-corrected chi connectivity index (χ4v) is 4.51. The van der Waals surface area contributed by atoms with Crippen LogP contribution in [0.25, 0.3) is 11.0 Å². The second-order valence-electron chi connectivity index (χ2n) is 8.48. The summed E-state index contributed by atoms with van der Waals surface area (Å²) in [7, 11) is 1.45. The predicted octanol–water partition coefficient (Wildman–Crippen LogP) is 1.91. The minimum atomic E-state index is -0.430. The smallest absolute Gasteiger partial charge is 0.328 e. The molecule has 8 heteroatoms. The molecule has 1 N–H and O–H groups in total. The van der Waals surface area contributed by atoms with Gasteiger partial charge in [-0.15, -0.1) is 0 Å². The Balaban J connectivity index is 1.34. The molecule has 1 aliphatic rings. The van der Waals surface area contributed by atoms with Crippen molar-refractivity contribution in [3.8, 4) is 0 Å². The van der Waals surface area contributed by atoms with Gasteiger partial charge in [-0.2, -0.15) is 0 Å². The van der Waals surface area contributed by atoms with Gasteiger partial charge in [-0.05, 0) is 51.2 Å². The molecule has 1 fully saturated rings. The number of carbonyl (C=O) groups is 1. The lowest BCUT2D eigenvalue weighted by atomic mass is 9.96. The van der Waals surface area contributed by atoms with Crippen LogP contribution in [0, 0.1) is 19.8 Å². The van der Waals surface area contributed by atoms with Crippen molar-refractivity contribution in [3.05, 3.63) is 62.2 Å². The normalized spacial score (nSPS) is 15.0. The van der Waals surface area contributed by atoms with Crippen LogP contribution in [-0.2, 0) is 24.8 Å². The van der Waals surface area contributed by atoms with Crippen LogP contribution in [0.4, 0.5) is 0 Å². The van der Waals surface area contributed by atoms with Gasteiger partial charge >= 0.3 is 5.69 Å². The Morgan fingerprint density at radius 1 is 1.16 bits per heavy atom. The third kappa shape index (κ3) is 4.19.